The SMILES string of the molecule is Cc1cc(/C(O)=C2/C(=O)C(=O)N(Cc3ccco3)C2c2ccc(O)c(Cl)c2)ccc1OC(C)C. The zero-order valence-electron chi connectivity index (χ0n) is 18.9. The van der Waals surface area contributed by atoms with E-state index >= 15 is 0 Å². The standard InChI is InChI=1S/C26H24ClNO6/c1-14(2)34-21-9-7-17(11-15(21)3)24(30)22-23(16-6-8-20(29)19(27)12-16)28(26(32)25(22)31)13-18-5-4-10-33-18/h4-12,14,23,29-30H,13H2,1-3H3/b24-22-. The zero-order chi connectivity index (χ0) is 24.6. The van der Waals surface area contributed by atoms with Crippen LogP contribution in [0, 0.1) is 6.92 Å². The molecule has 1 aliphatic heterocycles. The molecular weight excluding hydrogens is 458 g/mol. The molecule has 1 atom stereocenters. The van der Waals surface area contributed by atoms with Crippen molar-refractivity contribution in [3.05, 3.63) is 87.8 Å². The van der Waals surface area contributed by atoms with Gasteiger partial charge in [-0.15, -0.1) is 0 Å². The summed E-state index contributed by atoms with van der Waals surface area (Å²) in [5.74, 6) is -0.907. The van der Waals surface area contributed by atoms with E-state index < -0.39 is 17.7 Å². The molecule has 0 radical (unpaired) electrons. The number of benzene rings is 2. The van der Waals surface area contributed by atoms with E-state index in [1.54, 1.807) is 36.4 Å². The van der Waals surface area contributed by atoms with Crippen molar-refractivity contribution in [2.45, 2.75) is 39.5 Å². The van der Waals surface area contributed by atoms with E-state index in [9.17, 15) is 19.8 Å². The van der Waals surface area contributed by atoms with Crippen molar-refractivity contribution in [2.75, 3.05) is 0 Å². The highest BCUT2D eigenvalue weighted by atomic mass is 35.5. The molecule has 3 aromatic rings. The number of furan rings is 1. The molecule has 0 spiro atoms. The average Bonchev–Trinajstić information content (AvgIpc) is 3.39. The zero-order valence-corrected chi connectivity index (χ0v) is 19.7. The van der Waals surface area contributed by atoms with E-state index in [4.69, 9.17) is 20.8 Å². The molecular formula is C26H24ClNO6. The summed E-state index contributed by atoms with van der Waals surface area (Å²) in [6.07, 6.45) is 1.45. The first kappa shape index (κ1) is 23.4. The Morgan fingerprint density at radius 3 is 2.56 bits per heavy atom. The molecule has 0 aliphatic carbocycles. The van der Waals surface area contributed by atoms with Crippen molar-refractivity contribution in [1.29, 1.82) is 0 Å². The van der Waals surface area contributed by atoms with Gasteiger partial charge >= 0.3 is 0 Å². The van der Waals surface area contributed by atoms with Crippen LogP contribution in [0.25, 0.3) is 5.76 Å². The number of ether oxygens (including phenoxy) is 1. The molecule has 1 unspecified atom stereocenters. The van der Waals surface area contributed by atoms with Crippen molar-refractivity contribution >= 4 is 29.1 Å². The minimum atomic E-state index is -0.935. The van der Waals surface area contributed by atoms with Crippen LogP contribution in [-0.4, -0.2) is 32.9 Å². The molecule has 0 bridgehead atoms. The number of nitrogens with zero attached hydrogens (tertiary/aromatic N) is 1. The van der Waals surface area contributed by atoms with Crippen LogP contribution in [0.1, 0.15) is 42.3 Å². The molecule has 7 nitrogen and oxygen atoms in total. The fourth-order valence-corrected chi connectivity index (χ4v) is 4.18. The second-order valence-corrected chi connectivity index (χ2v) is 8.77. The molecule has 176 valence electrons. The van der Waals surface area contributed by atoms with Gasteiger partial charge in [-0.2, -0.15) is 0 Å². The Labute approximate surface area is 201 Å². The summed E-state index contributed by atoms with van der Waals surface area (Å²) in [5.41, 5.74) is 1.54. The number of rotatable bonds is 6. The number of carbonyl (C=O) groups excluding carboxylic acids is 2. The number of hydrogen-bond acceptors (Lipinski definition) is 6. The number of aliphatic hydroxyl groups excluding tert-OH is 1. The fraction of sp³-hybridized carbons (Fsp3) is 0.231. The summed E-state index contributed by atoms with van der Waals surface area (Å²) < 4.78 is 11.1. The lowest BCUT2D eigenvalue weighted by Crippen LogP contribution is -2.29. The number of likely N-dealkylation sites (tertiary alicyclic amines) is 1. The van der Waals surface area contributed by atoms with Gasteiger partial charge in [-0.05, 0) is 74.4 Å². The molecule has 8 heteroatoms. The van der Waals surface area contributed by atoms with Gasteiger partial charge in [0, 0.05) is 5.56 Å². The summed E-state index contributed by atoms with van der Waals surface area (Å²) in [6.45, 7) is 5.67. The van der Waals surface area contributed by atoms with Gasteiger partial charge in [0.05, 0.1) is 35.5 Å². The van der Waals surface area contributed by atoms with Crippen molar-refractivity contribution < 1.29 is 29.0 Å². The van der Waals surface area contributed by atoms with Gasteiger partial charge in [0.2, 0.25) is 0 Å². The summed E-state index contributed by atoms with van der Waals surface area (Å²) in [6, 6.07) is 11.9. The third-order valence-electron chi connectivity index (χ3n) is 5.54. The van der Waals surface area contributed by atoms with E-state index in [2.05, 4.69) is 0 Å². The molecule has 1 saturated heterocycles. The topological polar surface area (TPSA) is 100 Å². The third kappa shape index (κ3) is 4.39. The number of phenols is 1. The van der Waals surface area contributed by atoms with Crippen LogP contribution in [-0.2, 0) is 16.1 Å². The van der Waals surface area contributed by atoms with Gasteiger partial charge in [-0.1, -0.05) is 17.7 Å². The highest BCUT2D eigenvalue weighted by Gasteiger charge is 2.46. The maximum atomic E-state index is 13.1. The monoisotopic (exact) mass is 481 g/mol. The minimum Gasteiger partial charge on any atom is -0.507 e. The van der Waals surface area contributed by atoms with E-state index in [-0.39, 0.29) is 34.8 Å². The van der Waals surface area contributed by atoms with Gasteiger partial charge in [-0.25, -0.2) is 0 Å². The summed E-state index contributed by atoms with van der Waals surface area (Å²) in [7, 11) is 0. The summed E-state index contributed by atoms with van der Waals surface area (Å²) in [4.78, 5) is 27.5. The second-order valence-electron chi connectivity index (χ2n) is 8.36. The van der Waals surface area contributed by atoms with E-state index in [0.717, 1.165) is 5.56 Å². The molecule has 34 heavy (non-hydrogen) atoms. The number of phenolic OH excluding ortho intramolecular Hbond substituents is 1. The maximum Gasteiger partial charge on any atom is 0.296 e. The highest BCUT2D eigenvalue weighted by molar-refractivity contribution is 6.46. The molecule has 1 amide bonds. The number of amides is 1. The van der Waals surface area contributed by atoms with Gasteiger partial charge in [0.25, 0.3) is 11.7 Å². The van der Waals surface area contributed by atoms with Gasteiger partial charge in [-0.3, -0.25) is 9.59 Å². The molecule has 1 aliphatic rings. The number of aliphatic hydroxyl groups is 1. The predicted octanol–water partition coefficient (Wildman–Crippen LogP) is 5.36. The number of Topliss-reactive ketones (excluding diaryl/α,β-unsaturated/α-hetero) is 1. The van der Waals surface area contributed by atoms with Crippen LogP contribution in [0.15, 0.2) is 64.8 Å². The van der Waals surface area contributed by atoms with Crippen LogP contribution in [0.2, 0.25) is 5.02 Å². The molecule has 1 aromatic heterocycles. The number of aryl methyl sites for hydroxylation is 1. The molecule has 0 saturated carbocycles. The number of hydrogen-bond donors (Lipinski definition) is 2. The number of ketones is 1. The first-order valence-electron chi connectivity index (χ1n) is 10.7. The van der Waals surface area contributed by atoms with Crippen LogP contribution < -0.4 is 4.74 Å². The quantitative estimate of drug-likeness (QED) is 0.279. The van der Waals surface area contributed by atoms with Crippen molar-refractivity contribution in [2.24, 2.45) is 0 Å². The molecule has 2 heterocycles. The number of halogens is 1. The highest BCUT2D eigenvalue weighted by Crippen LogP contribution is 2.42. The Balaban J connectivity index is 1.85. The molecule has 1 fully saturated rings. The Kier molecular flexibility index (Phi) is 6.39. The molecule has 2 aromatic carbocycles. The Bertz CT molecular complexity index is 1280. The first-order valence-corrected chi connectivity index (χ1v) is 11.1. The third-order valence-corrected chi connectivity index (χ3v) is 5.85. The Morgan fingerprint density at radius 2 is 1.94 bits per heavy atom. The van der Waals surface area contributed by atoms with Crippen molar-refractivity contribution in [1.82, 2.24) is 4.90 Å². The largest absolute Gasteiger partial charge is 0.507 e. The van der Waals surface area contributed by atoms with E-state index in [0.29, 0.717) is 22.6 Å². The fourth-order valence-electron chi connectivity index (χ4n) is 3.99. The number of carbonyl (C=O) groups is 2. The van der Waals surface area contributed by atoms with Crippen LogP contribution >= 0.6 is 11.6 Å². The van der Waals surface area contributed by atoms with E-state index in [1.165, 1.54) is 23.3 Å². The lowest BCUT2D eigenvalue weighted by Gasteiger charge is -2.25. The lowest BCUT2D eigenvalue weighted by molar-refractivity contribution is -0.140. The maximum absolute atomic E-state index is 13.1. The van der Waals surface area contributed by atoms with Gasteiger partial charge < -0.3 is 24.3 Å². The van der Waals surface area contributed by atoms with E-state index in [1.807, 2.05) is 20.8 Å². The lowest BCUT2D eigenvalue weighted by atomic mass is 9.94. The van der Waals surface area contributed by atoms with Crippen molar-refractivity contribution in [3.63, 3.8) is 0 Å². The number of aromatic hydroxyl groups is 1. The van der Waals surface area contributed by atoms with Gasteiger partial charge in [0.1, 0.15) is 23.0 Å². The second kappa shape index (κ2) is 9.27. The molecule has 4 rings (SSSR count). The summed E-state index contributed by atoms with van der Waals surface area (Å²) >= 11 is 6.13. The Hall–Kier alpha value is -3.71. The normalized spacial score (nSPS) is 17.6. The van der Waals surface area contributed by atoms with Crippen LogP contribution in [0.3, 0.4) is 0 Å². The first-order chi connectivity index (χ1) is 16.2. The molecule has 2 N–H and O–H groups in total. The average molecular weight is 482 g/mol. The smallest absolute Gasteiger partial charge is 0.296 e. The Morgan fingerprint density at radius 1 is 1.18 bits per heavy atom. The van der Waals surface area contributed by atoms with Crippen LogP contribution in [0.4, 0.5) is 0 Å². The predicted molar refractivity (Wildman–Crippen MR) is 127 cm³/mol. The van der Waals surface area contributed by atoms with Crippen molar-refractivity contribution in [3.8, 4) is 11.5 Å². The van der Waals surface area contributed by atoms with Gasteiger partial charge in [0.15, 0.2) is 0 Å². The minimum absolute atomic E-state index is 0.0116. The van der Waals surface area contributed by atoms with Crippen LogP contribution in [0.5, 0.6) is 11.5 Å². The summed E-state index contributed by atoms with van der Waals surface area (Å²) in [5, 5.41) is 21.2.